The van der Waals surface area contributed by atoms with Gasteiger partial charge in [0.15, 0.2) is 9.84 Å². The first-order chi connectivity index (χ1) is 18.6. The fourth-order valence-corrected chi connectivity index (χ4v) is 5.56. The number of hydrogen-bond acceptors (Lipinski definition) is 5. The van der Waals surface area contributed by atoms with Gasteiger partial charge in [-0.2, -0.15) is 0 Å². The Bertz CT molecular complexity index is 1600. The van der Waals surface area contributed by atoms with Crippen molar-refractivity contribution in [3.05, 3.63) is 124 Å². The van der Waals surface area contributed by atoms with Crippen LogP contribution in [0.25, 0.3) is 0 Å². The van der Waals surface area contributed by atoms with Gasteiger partial charge in [-0.05, 0) is 65.2 Å². The Morgan fingerprint density at radius 3 is 2.15 bits per heavy atom. The third kappa shape index (κ3) is 5.84. The molecule has 39 heavy (non-hydrogen) atoms. The molecule has 4 aromatic rings. The van der Waals surface area contributed by atoms with Crippen molar-refractivity contribution in [2.75, 3.05) is 11.2 Å². The lowest BCUT2D eigenvalue weighted by molar-refractivity contribution is -0.145. The second kappa shape index (κ2) is 11.1. The number of carbonyl (C=O) groups excluding carboxylic acids is 1. The molecule has 1 aliphatic heterocycles. The van der Waals surface area contributed by atoms with Crippen LogP contribution in [0.1, 0.15) is 28.8 Å². The van der Waals surface area contributed by atoms with Gasteiger partial charge in [0.05, 0.1) is 22.8 Å². The normalized spacial score (nSPS) is 19.7. The number of pyridine rings is 1. The summed E-state index contributed by atoms with van der Waals surface area (Å²) >= 11 is 12.3. The van der Waals surface area contributed by atoms with E-state index in [-0.39, 0.29) is 22.8 Å². The number of hydrogen-bond donors (Lipinski definition) is 0. The zero-order chi connectivity index (χ0) is 27.7. The quantitative estimate of drug-likeness (QED) is 0.262. The Morgan fingerprint density at radius 1 is 0.949 bits per heavy atom. The minimum Gasteiger partial charge on any atom is -0.358 e. The molecule has 5 rings (SSSR count). The summed E-state index contributed by atoms with van der Waals surface area (Å²) in [6.07, 6.45) is 2.36. The molecule has 3 aromatic carbocycles. The molecule has 0 spiro atoms. The van der Waals surface area contributed by atoms with Crippen molar-refractivity contribution in [1.82, 2.24) is 4.98 Å². The lowest BCUT2D eigenvalue weighted by Gasteiger charge is -2.44. The third-order valence-electron chi connectivity index (χ3n) is 6.58. The predicted octanol–water partition coefficient (Wildman–Crippen LogP) is 6.39. The Balaban J connectivity index is 1.62. The Hall–Kier alpha value is -3.30. The van der Waals surface area contributed by atoms with Gasteiger partial charge in [-0.25, -0.2) is 12.8 Å². The lowest BCUT2D eigenvalue weighted by atomic mass is 9.90. The Labute approximate surface area is 235 Å². The van der Waals surface area contributed by atoms with Gasteiger partial charge >= 0.3 is 0 Å². The van der Waals surface area contributed by atoms with Crippen LogP contribution < -0.4 is 4.90 Å². The van der Waals surface area contributed by atoms with Crippen molar-refractivity contribution < 1.29 is 22.3 Å². The molecule has 10 heteroatoms. The molecule has 200 valence electrons. The van der Waals surface area contributed by atoms with E-state index in [1.54, 1.807) is 53.7 Å². The molecular formula is C29H23Cl2FN2O4S. The number of benzene rings is 3. The number of carbonyl (C=O) groups is 1. The number of anilines is 1. The molecule has 0 aliphatic carbocycles. The SMILES string of the molecule is CS(=O)(=O)c1ccc(C[C@@H]2O[C@@H](c3ccc(Cl)cc3)[C@@H](c3ccc(Cl)cc3)N(c3cccnc3)C2=O)c(F)c1. The molecule has 0 unspecified atom stereocenters. The van der Waals surface area contributed by atoms with Crippen molar-refractivity contribution in [2.45, 2.75) is 29.6 Å². The molecule has 3 atom stereocenters. The minimum absolute atomic E-state index is 0.108. The van der Waals surface area contributed by atoms with E-state index in [9.17, 15) is 13.2 Å². The number of amides is 1. The maximum atomic E-state index is 15.0. The van der Waals surface area contributed by atoms with Crippen LogP contribution >= 0.6 is 23.2 Å². The van der Waals surface area contributed by atoms with Crippen molar-refractivity contribution in [1.29, 1.82) is 0 Å². The number of morpholine rings is 1. The first-order valence-corrected chi connectivity index (χ1v) is 14.6. The number of ether oxygens (including phenoxy) is 1. The molecule has 0 radical (unpaired) electrons. The lowest BCUT2D eigenvalue weighted by Crippen LogP contribution is -2.52. The van der Waals surface area contributed by atoms with Crippen molar-refractivity contribution in [3.8, 4) is 0 Å². The van der Waals surface area contributed by atoms with E-state index >= 15 is 4.39 Å². The topological polar surface area (TPSA) is 76.6 Å². The van der Waals surface area contributed by atoms with Crippen molar-refractivity contribution >= 4 is 44.6 Å². The summed E-state index contributed by atoms with van der Waals surface area (Å²) in [6.45, 7) is 0. The highest BCUT2D eigenvalue weighted by Gasteiger charge is 2.45. The maximum Gasteiger partial charge on any atom is 0.257 e. The van der Waals surface area contributed by atoms with E-state index in [1.807, 2.05) is 24.3 Å². The zero-order valence-corrected chi connectivity index (χ0v) is 23.0. The third-order valence-corrected chi connectivity index (χ3v) is 8.20. The Morgan fingerprint density at radius 2 is 1.59 bits per heavy atom. The molecule has 1 aromatic heterocycles. The van der Waals surface area contributed by atoms with Crippen LogP contribution in [-0.2, 0) is 25.8 Å². The van der Waals surface area contributed by atoms with Crippen LogP contribution in [0.15, 0.2) is 96.2 Å². The van der Waals surface area contributed by atoms with E-state index in [0.29, 0.717) is 15.7 Å². The fourth-order valence-electron chi connectivity index (χ4n) is 4.68. The van der Waals surface area contributed by atoms with Crippen LogP contribution in [0.5, 0.6) is 0 Å². The summed E-state index contributed by atoms with van der Waals surface area (Å²) in [6, 6.07) is 20.8. The number of nitrogens with zero attached hydrogens (tertiary/aromatic N) is 2. The van der Waals surface area contributed by atoms with Crippen LogP contribution in [0.3, 0.4) is 0 Å². The van der Waals surface area contributed by atoms with Gasteiger partial charge in [0.25, 0.3) is 5.91 Å². The highest BCUT2D eigenvalue weighted by atomic mass is 35.5. The van der Waals surface area contributed by atoms with Gasteiger partial charge < -0.3 is 4.74 Å². The maximum absolute atomic E-state index is 15.0. The zero-order valence-electron chi connectivity index (χ0n) is 20.7. The van der Waals surface area contributed by atoms with Crippen LogP contribution in [-0.4, -0.2) is 31.7 Å². The largest absolute Gasteiger partial charge is 0.358 e. The molecule has 0 saturated carbocycles. The minimum atomic E-state index is -3.59. The molecular weight excluding hydrogens is 562 g/mol. The van der Waals surface area contributed by atoms with Crippen molar-refractivity contribution in [3.63, 3.8) is 0 Å². The first-order valence-electron chi connectivity index (χ1n) is 12.0. The van der Waals surface area contributed by atoms with E-state index in [4.69, 9.17) is 27.9 Å². The van der Waals surface area contributed by atoms with Gasteiger partial charge in [0.1, 0.15) is 18.0 Å². The standard InChI is InChI=1S/C29H23Cl2FN2O4S/c1-39(36,37)24-13-8-20(25(32)16-24)15-26-29(35)34(23-3-2-14-33-17-23)27(18-4-9-21(30)10-5-18)28(38-26)19-6-11-22(31)12-7-19/h2-14,16-17,26-28H,15H2,1H3/t26-,27+,28-/m0/s1. The molecule has 1 aliphatic rings. The van der Waals surface area contributed by atoms with Crippen LogP contribution in [0.4, 0.5) is 10.1 Å². The number of halogens is 3. The van der Waals surface area contributed by atoms with E-state index in [0.717, 1.165) is 23.4 Å². The summed E-state index contributed by atoms with van der Waals surface area (Å²) in [5.41, 5.74) is 2.24. The summed E-state index contributed by atoms with van der Waals surface area (Å²) in [5.74, 6) is -1.12. The first kappa shape index (κ1) is 27.3. The van der Waals surface area contributed by atoms with Gasteiger partial charge in [-0.3, -0.25) is 14.7 Å². The van der Waals surface area contributed by atoms with Gasteiger partial charge in [-0.15, -0.1) is 0 Å². The monoisotopic (exact) mass is 584 g/mol. The number of sulfone groups is 1. The van der Waals surface area contributed by atoms with E-state index in [1.165, 1.54) is 12.1 Å². The molecule has 2 heterocycles. The van der Waals surface area contributed by atoms with Crippen LogP contribution in [0, 0.1) is 5.82 Å². The molecule has 6 nitrogen and oxygen atoms in total. The highest BCUT2D eigenvalue weighted by Crippen LogP contribution is 2.45. The number of aromatic nitrogens is 1. The van der Waals surface area contributed by atoms with Gasteiger partial charge in [0.2, 0.25) is 0 Å². The summed E-state index contributed by atoms with van der Waals surface area (Å²) < 4.78 is 45.3. The fraction of sp³-hybridized carbons (Fsp3) is 0.172. The smallest absolute Gasteiger partial charge is 0.257 e. The van der Waals surface area contributed by atoms with Gasteiger partial charge in [0, 0.05) is 28.9 Å². The highest BCUT2D eigenvalue weighted by molar-refractivity contribution is 7.90. The van der Waals surface area contributed by atoms with Crippen LogP contribution in [0.2, 0.25) is 10.0 Å². The molecule has 1 amide bonds. The molecule has 1 fully saturated rings. The second-order valence-corrected chi connectivity index (χ2v) is 12.1. The number of rotatable bonds is 6. The molecule has 0 N–H and O–H groups in total. The van der Waals surface area contributed by atoms with Crippen molar-refractivity contribution in [2.24, 2.45) is 0 Å². The average Bonchev–Trinajstić information content (AvgIpc) is 2.91. The Kier molecular flexibility index (Phi) is 7.73. The van der Waals surface area contributed by atoms with E-state index < -0.39 is 33.9 Å². The second-order valence-electron chi connectivity index (χ2n) is 9.24. The molecule has 0 bridgehead atoms. The van der Waals surface area contributed by atoms with Gasteiger partial charge in [-0.1, -0.05) is 53.5 Å². The predicted molar refractivity (Wildman–Crippen MR) is 148 cm³/mol. The average molecular weight is 585 g/mol. The summed E-state index contributed by atoms with van der Waals surface area (Å²) in [5, 5.41) is 1.09. The summed E-state index contributed by atoms with van der Waals surface area (Å²) in [4.78, 5) is 19.7. The molecule has 1 saturated heterocycles. The summed E-state index contributed by atoms with van der Waals surface area (Å²) in [7, 11) is -3.59. The van der Waals surface area contributed by atoms with E-state index in [2.05, 4.69) is 4.98 Å².